The van der Waals surface area contributed by atoms with Gasteiger partial charge in [-0.1, -0.05) is 25.8 Å². The topological polar surface area (TPSA) is 68.0 Å². The van der Waals surface area contributed by atoms with Crippen molar-refractivity contribution in [3.8, 4) is 0 Å². The predicted octanol–water partition coefficient (Wildman–Crippen LogP) is 1.95. The number of hydrogen-bond acceptors (Lipinski definition) is 4. The predicted molar refractivity (Wildman–Crippen MR) is 80.9 cm³/mol. The van der Waals surface area contributed by atoms with Gasteiger partial charge in [0.1, 0.15) is 0 Å². The van der Waals surface area contributed by atoms with Crippen molar-refractivity contribution in [3.63, 3.8) is 0 Å². The summed E-state index contributed by atoms with van der Waals surface area (Å²) in [5.74, 6) is 1.28. The summed E-state index contributed by atoms with van der Waals surface area (Å²) in [5.41, 5.74) is 6.65. The van der Waals surface area contributed by atoms with Crippen LogP contribution in [0.25, 0.3) is 0 Å². The molecule has 0 aromatic carbocycles. The maximum absolute atomic E-state index is 11.8. The van der Waals surface area contributed by atoms with E-state index < -0.39 is 0 Å². The van der Waals surface area contributed by atoms with Crippen LogP contribution in [0.4, 0.5) is 0 Å². The second-order valence-corrected chi connectivity index (χ2v) is 5.44. The van der Waals surface area contributed by atoms with Crippen LogP contribution in [-0.2, 0) is 10.5 Å². The largest absolute Gasteiger partial charge is 0.351 e. The van der Waals surface area contributed by atoms with Gasteiger partial charge in [0.25, 0.3) is 0 Å². The molecule has 4 nitrogen and oxygen atoms in total. The van der Waals surface area contributed by atoms with Crippen molar-refractivity contribution in [1.29, 1.82) is 0 Å². The molecule has 1 amide bonds. The Kier molecular flexibility index (Phi) is 8.25. The quantitative estimate of drug-likeness (QED) is 0.726. The summed E-state index contributed by atoms with van der Waals surface area (Å²) in [7, 11) is 0. The Morgan fingerprint density at radius 3 is 3.00 bits per heavy atom. The third kappa shape index (κ3) is 7.18. The molecule has 1 aromatic rings. The van der Waals surface area contributed by atoms with Crippen molar-refractivity contribution < 1.29 is 4.79 Å². The molecule has 0 aliphatic heterocycles. The summed E-state index contributed by atoms with van der Waals surface area (Å²) in [6, 6.07) is 5.93. The molecule has 1 heterocycles. The van der Waals surface area contributed by atoms with Crippen molar-refractivity contribution >= 4 is 17.7 Å². The van der Waals surface area contributed by atoms with Gasteiger partial charge in [-0.05, 0) is 18.6 Å². The first-order chi connectivity index (χ1) is 9.26. The molecule has 1 atom stereocenters. The molecule has 0 spiro atoms. The van der Waals surface area contributed by atoms with E-state index in [0.717, 1.165) is 30.7 Å². The molecule has 0 aliphatic rings. The number of hydrogen-bond donors (Lipinski definition) is 2. The molecule has 106 valence electrons. The van der Waals surface area contributed by atoms with Gasteiger partial charge in [0.05, 0.1) is 11.4 Å². The summed E-state index contributed by atoms with van der Waals surface area (Å²) in [4.78, 5) is 16.0. The number of rotatable bonds is 9. The molecule has 0 saturated carbocycles. The van der Waals surface area contributed by atoms with Crippen LogP contribution in [0.5, 0.6) is 0 Å². The number of aromatic nitrogens is 1. The van der Waals surface area contributed by atoms with Gasteiger partial charge in [-0.2, -0.15) is 0 Å². The van der Waals surface area contributed by atoms with E-state index in [1.807, 2.05) is 18.2 Å². The third-order valence-corrected chi connectivity index (χ3v) is 3.73. The van der Waals surface area contributed by atoms with Gasteiger partial charge in [0.2, 0.25) is 5.91 Å². The molecular formula is C14H23N3OS. The van der Waals surface area contributed by atoms with Crippen LogP contribution in [0.1, 0.15) is 31.9 Å². The summed E-state index contributed by atoms with van der Waals surface area (Å²) < 4.78 is 0. The van der Waals surface area contributed by atoms with Gasteiger partial charge in [0, 0.05) is 24.5 Å². The molecule has 0 saturated heterocycles. The molecule has 0 radical (unpaired) electrons. The first-order valence-electron chi connectivity index (χ1n) is 6.73. The number of nitrogens with zero attached hydrogens (tertiary/aromatic N) is 1. The number of carbonyl (C=O) groups is 1. The maximum Gasteiger partial charge on any atom is 0.230 e. The van der Waals surface area contributed by atoms with Gasteiger partial charge in [-0.3, -0.25) is 9.78 Å². The van der Waals surface area contributed by atoms with Crippen molar-refractivity contribution in [1.82, 2.24) is 10.3 Å². The Morgan fingerprint density at radius 2 is 2.37 bits per heavy atom. The number of thioether (sulfide) groups is 1. The number of pyridine rings is 1. The first kappa shape index (κ1) is 16.0. The van der Waals surface area contributed by atoms with E-state index in [4.69, 9.17) is 5.73 Å². The van der Waals surface area contributed by atoms with Crippen LogP contribution in [0.15, 0.2) is 24.4 Å². The number of nitrogens with one attached hydrogen (secondary N) is 1. The van der Waals surface area contributed by atoms with Crippen LogP contribution in [0, 0.1) is 0 Å². The van der Waals surface area contributed by atoms with Crippen molar-refractivity contribution in [2.45, 2.75) is 38.0 Å². The summed E-state index contributed by atoms with van der Waals surface area (Å²) in [6.07, 6.45) is 4.96. The minimum atomic E-state index is 0.0625. The van der Waals surface area contributed by atoms with E-state index in [9.17, 15) is 4.79 Å². The van der Waals surface area contributed by atoms with E-state index in [1.54, 1.807) is 18.0 Å². The highest BCUT2D eigenvalue weighted by molar-refractivity contribution is 7.99. The lowest BCUT2D eigenvalue weighted by molar-refractivity contribution is -0.119. The third-order valence-electron chi connectivity index (χ3n) is 2.77. The highest BCUT2D eigenvalue weighted by Gasteiger charge is 2.10. The lowest BCUT2D eigenvalue weighted by Gasteiger charge is -2.16. The fourth-order valence-corrected chi connectivity index (χ4v) is 2.45. The van der Waals surface area contributed by atoms with Gasteiger partial charge in [-0.15, -0.1) is 11.8 Å². The zero-order valence-corrected chi connectivity index (χ0v) is 12.3. The SMILES string of the molecule is CCCCC(CN)NC(=O)CSCc1ccccn1. The van der Waals surface area contributed by atoms with Crippen LogP contribution < -0.4 is 11.1 Å². The Bertz CT molecular complexity index is 359. The average Bonchev–Trinajstić information content (AvgIpc) is 2.44. The molecule has 3 N–H and O–H groups in total. The van der Waals surface area contributed by atoms with E-state index in [1.165, 1.54) is 0 Å². The highest BCUT2D eigenvalue weighted by atomic mass is 32.2. The van der Waals surface area contributed by atoms with Gasteiger partial charge in [-0.25, -0.2) is 0 Å². The van der Waals surface area contributed by atoms with E-state index in [2.05, 4.69) is 17.2 Å². The van der Waals surface area contributed by atoms with Crippen LogP contribution in [0.3, 0.4) is 0 Å². The zero-order valence-electron chi connectivity index (χ0n) is 11.5. The molecule has 19 heavy (non-hydrogen) atoms. The highest BCUT2D eigenvalue weighted by Crippen LogP contribution is 2.09. The van der Waals surface area contributed by atoms with Crippen molar-refractivity contribution in [2.75, 3.05) is 12.3 Å². The second-order valence-electron chi connectivity index (χ2n) is 4.46. The molecule has 0 bridgehead atoms. The average molecular weight is 281 g/mol. The lowest BCUT2D eigenvalue weighted by Crippen LogP contribution is -2.41. The Labute approximate surface area is 119 Å². The summed E-state index contributed by atoms with van der Waals surface area (Å²) >= 11 is 1.58. The Hall–Kier alpha value is -1.07. The smallest absolute Gasteiger partial charge is 0.230 e. The maximum atomic E-state index is 11.8. The number of unbranched alkanes of at least 4 members (excludes halogenated alkanes) is 1. The zero-order chi connectivity index (χ0) is 13.9. The molecule has 1 unspecified atom stereocenters. The lowest BCUT2D eigenvalue weighted by atomic mass is 10.1. The molecule has 0 fully saturated rings. The van der Waals surface area contributed by atoms with Gasteiger partial charge in [0.15, 0.2) is 0 Å². The fraction of sp³-hybridized carbons (Fsp3) is 0.571. The summed E-state index contributed by atoms with van der Waals surface area (Å²) in [5, 5.41) is 2.98. The number of carbonyl (C=O) groups excluding carboxylic acids is 1. The van der Waals surface area contributed by atoms with Crippen LogP contribution in [0.2, 0.25) is 0 Å². The molecule has 5 heteroatoms. The fourth-order valence-electron chi connectivity index (χ4n) is 1.70. The molecule has 1 rings (SSSR count). The van der Waals surface area contributed by atoms with E-state index >= 15 is 0 Å². The second kappa shape index (κ2) is 9.81. The van der Waals surface area contributed by atoms with Crippen molar-refractivity contribution in [3.05, 3.63) is 30.1 Å². The number of nitrogens with two attached hydrogens (primary N) is 1. The van der Waals surface area contributed by atoms with Crippen molar-refractivity contribution in [2.24, 2.45) is 5.73 Å². The minimum Gasteiger partial charge on any atom is -0.351 e. The minimum absolute atomic E-state index is 0.0625. The van der Waals surface area contributed by atoms with Crippen LogP contribution >= 0.6 is 11.8 Å². The van der Waals surface area contributed by atoms with E-state index in [0.29, 0.717) is 12.3 Å². The van der Waals surface area contributed by atoms with Gasteiger partial charge >= 0.3 is 0 Å². The number of amides is 1. The van der Waals surface area contributed by atoms with Gasteiger partial charge < -0.3 is 11.1 Å². The Morgan fingerprint density at radius 1 is 1.53 bits per heavy atom. The van der Waals surface area contributed by atoms with Crippen LogP contribution in [-0.4, -0.2) is 29.2 Å². The summed E-state index contributed by atoms with van der Waals surface area (Å²) in [6.45, 7) is 2.65. The molecule has 1 aromatic heterocycles. The van der Waals surface area contributed by atoms with E-state index in [-0.39, 0.29) is 11.9 Å². The normalized spacial score (nSPS) is 12.1. The molecular weight excluding hydrogens is 258 g/mol. The monoisotopic (exact) mass is 281 g/mol. The first-order valence-corrected chi connectivity index (χ1v) is 7.88. The molecule has 0 aliphatic carbocycles. The Balaban J connectivity index is 2.19. The standard InChI is InChI=1S/C14H23N3OS/c1-2-3-6-12(9-15)17-14(18)11-19-10-13-7-4-5-8-16-13/h4-5,7-8,12H,2-3,6,9-11,15H2,1H3,(H,17,18).